The number of rotatable bonds is 0. The number of carboxylic acids is 2. The Hall–Kier alpha value is 0.576. The molecule has 4 nitrogen and oxygen atoms in total. The van der Waals surface area contributed by atoms with Gasteiger partial charge in [-0.25, -0.2) is 0 Å². The average Bonchev–Trinajstić information content (AvgIpc) is 1.25. The van der Waals surface area contributed by atoms with E-state index in [0.29, 0.717) is 0 Å². The molecule has 0 N–H and O–H groups in total. The Morgan fingerprint density at radius 2 is 1.00 bits per heavy atom. The van der Waals surface area contributed by atoms with Crippen molar-refractivity contribution < 1.29 is 19.8 Å². The predicted molar refractivity (Wildman–Crippen MR) is 27.1 cm³/mol. The first-order valence-corrected chi connectivity index (χ1v) is 1.82. The molecule has 0 aliphatic rings. The zero-order chi connectivity index (χ0) is 7.15. The van der Waals surface area contributed by atoms with E-state index in [0.717, 1.165) is 13.8 Å². The summed E-state index contributed by atoms with van der Waals surface area (Å²) in [4.78, 5) is 17.8. The van der Waals surface area contributed by atoms with Gasteiger partial charge in [-0.3, -0.25) is 0 Å². The summed E-state index contributed by atoms with van der Waals surface area (Å²) in [5.41, 5.74) is 0. The van der Waals surface area contributed by atoms with Crippen molar-refractivity contribution in [3.63, 3.8) is 0 Å². The van der Waals surface area contributed by atoms with Crippen molar-refractivity contribution in [3.8, 4) is 0 Å². The van der Waals surface area contributed by atoms with E-state index in [1.807, 2.05) is 0 Å². The van der Waals surface area contributed by atoms with Crippen molar-refractivity contribution >= 4 is 63.3 Å². The first-order valence-electron chi connectivity index (χ1n) is 1.82. The number of hydrogen-bond donors (Lipinski definition) is 0. The molecule has 0 aromatic carbocycles. The first kappa shape index (κ1) is 16.3. The fourth-order valence-corrected chi connectivity index (χ4v) is 0. The molecule has 0 aliphatic carbocycles. The molecule has 5 heteroatoms. The van der Waals surface area contributed by atoms with Crippen LogP contribution in [-0.2, 0) is 9.59 Å². The molecule has 0 fully saturated rings. The molecule has 0 amide bonds. The third-order valence-corrected chi connectivity index (χ3v) is 0. The van der Waals surface area contributed by atoms with E-state index in [1.165, 1.54) is 0 Å². The van der Waals surface area contributed by atoms with E-state index in [2.05, 4.69) is 0 Å². The molecule has 0 spiro atoms. The minimum atomic E-state index is -1.08. The van der Waals surface area contributed by atoms with Crippen LogP contribution in [0, 0.1) is 0 Å². The SMILES string of the molecule is CC(=O)[O-].CC(=O)[O-].[K+2]. The van der Waals surface area contributed by atoms with Gasteiger partial charge in [0.05, 0.1) is 0 Å². The predicted octanol–water partition coefficient (Wildman–Crippen LogP) is -2.87. The van der Waals surface area contributed by atoms with E-state index in [-0.39, 0.29) is 51.4 Å². The second kappa shape index (κ2) is 11.4. The smallest absolute Gasteiger partial charge is 0.550 e. The van der Waals surface area contributed by atoms with Crippen LogP contribution in [0.25, 0.3) is 0 Å². The topological polar surface area (TPSA) is 80.3 Å². The fraction of sp³-hybridized carbons (Fsp3) is 0.500. The van der Waals surface area contributed by atoms with Gasteiger partial charge in [-0.15, -0.1) is 0 Å². The van der Waals surface area contributed by atoms with Gasteiger partial charge in [0.25, 0.3) is 0 Å². The number of hydrogen-bond acceptors (Lipinski definition) is 4. The van der Waals surface area contributed by atoms with Crippen LogP contribution in [0.2, 0.25) is 0 Å². The Bertz CT molecular complexity index is 70.6. The Morgan fingerprint density at radius 3 is 1.00 bits per heavy atom. The third kappa shape index (κ3) is 1120. The summed E-state index contributed by atoms with van der Waals surface area (Å²) in [6, 6.07) is 0. The molecule has 0 rings (SSSR count). The summed E-state index contributed by atoms with van der Waals surface area (Å²) < 4.78 is 0. The summed E-state index contributed by atoms with van der Waals surface area (Å²) >= 11 is 0. The molecule has 0 saturated heterocycles. The van der Waals surface area contributed by atoms with Crippen LogP contribution in [0.4, 0.5) is 0 Å². The van der Waals surface area contributed by atoms with Crippen molar-refractivity contribution in [2.24, 2.45) is 0 Å². The molecule has 9 radical (unpaired) electrons. The van der Waals surface area contributed by atoms with Crippen molar-refractivity contribution in [2.75, 3.05) is 0 Å². The monoisotopic (exact) mass is 157 g/mol. The Kier molecular flexibility index (Phi) is 20.6. The van der Waals surface area contributed by atoms with Gasteiger partial charge in [-0.05, 0) is 13.8 Å². The molecular formula is C4H6KO4. The van der Waals surface area contributed by atoms with Gasteiger partial charge >= 0.3 is 51.4 Å². The summed E-state index contributed by atoms with van der Waals surface area (Å²) in [6.45, 7) is 1.94. The largest absolute Gasteiger partial charge is 2.00 e. The first-order chi connectivity index (χ1) is 3.46. The summed E-state index contributed by atoms with van der Waals surface area (Å²) in [5, 5.41) is 17.8. The van der Waals surface area contributed by atoms with Gasteiger partial charge in [-0.2, -0.15) is 0 Å². The molecular weight excluding hydrogens is 151 g/mol. The van der Waals surface area contributed by atoms with Gasteiger partial charge in [0.1, 0.15) is 0 Å². The summed E-state index contributed by atoms with van der Waals surface area (Å²) in [6.07, 6.45) is 0. The normalized spacial score (nSPS) is 5.56. The maximum absolute atomic E-state index is 8.89. The van der Waals surface area contributed by atoms with Gasteiger partial charge in [0.15, 0.2) is 0 Å². The molecule has 0 aliphatic heterocycles. The van der Waals surface area contributed by atoms with Crippen LogP contribution in [0.15, 0.2) is 0 Å². The quantitative estimate of drug-likeness (QED) is 0.354. The molecule has 0 saturated carbocycles. The van der Waals surface area contributed by atoms with Gasteiger partial charge in [0, 0.05) is 11.9 Å². The second-order valence-electron chi connectivity index (χ2n) is 0.983. The minimum Gasteiger partial charge on any atom is -0.550 e. The molecule has 0 aromatic heterocycles. The zero-order valence-corrected chi connectivity index (χ0v) is 8.76. The molecule has 0 atom stereocenters. The molecule has 47 valence electrons. The number of carbonyl (C=O) groups excluding carboxylic acids is 2. The van der Waals surface area contributed by atoms with E-state index < -0.39 is 11.9 Å². The molecule has 0 bridgehead atoms. The van der Waals surface area contributed by atoms with E-state index in [1.54, 1.807) is 0 Å². The molecule has 9 heavy (non-hydrogen) atoms. The maximum Gasteiger partial charge on any atom is 2.00 e. The third-order valence-electron chi connectivity index (χ3n) is 0. The summed E-state index contributed by atoms with van der Waals surface area (Å²) in [5.74, 6) is -2.17. The van der Waals surface area contributed by atoms with Gasteiger partial charge in [0.2, 0.25) is 0 Å². The number of aliphatic carboxylic acids is 2. The fourth-order valence-electron chi connectivity index (χ4n) is 0. The molecule has 0 unspecified atom stereocenters. The van der Waals surface area contributed by atoms with Crippen molar-refractivity contribution in [3.05, 3.63) is 0 Å². The van der Waals surface area contributed by atoms with Crippen LogP contribution in [0.1, 0.15) is 13.8 Å². The standard InChI is InChI=1S/2C2H4O2.K/c2*1-2(3)4;/h2*1H3,(H,3,4);/q;;+2/p-2. The Balaban J connectivity index is -0.0000000720. The number of carboxylic acid groups (broad SMARTS) is 2. The van der Waals surface area contributed by atoms with Crippen LogP contribution < -0.4 is 10.2 Å². The van der Waals surface area contributed by atoms with Crippen molar-refractivity contribution in [1.82, 2.24) is 0 Å². The van der Waals surface area contributed by atoms with Crippen LogP contribution in [0.5, 0.6) is 0 Å². The van der Waals surface area contributed by atoms with E-state index in [9.17, 15) is 0 Å². The van der Waals surface area contributed by atoms with Crippen LogP contribution in [-0.4, -0.2) is 63.3 Å². The Labute approximate surface area is 95.7 Å². The maximum atomic E-state index is 8.89. The Morgan fingerprint density at radius 1 is 1.00 bits per heavy atom. The van der Waals surface area contributed by atoms with Gasteiger partial charge in [-0.1, -0.05) is 0 Å². The second-order valence-corrected chi connectivity index (χ2v) is 0.983. The van der Waals surface area contributed by atoms with Crippen molar-refractivity contribution in [2.45, 2.75) is 13.8 Å². The van der Waals surface area contributed by atoms with E-state index in [4.69, 9.17) is 19.8 Å². The van der Waals surface area contributed by atoms with Gasteiger partial charge < -0.3 is 19.8 Å². The van der Waals surface area contributed by atoms with Crippen LogP contribution in [0.3, 0.4) is 0 Å². The zero-order valence-electron chi connectivity index (χ0n) is 5.63. The summed E-state index contributed by atoms with van der Waals surface area (Å²) in [7, 11) is 0. The number of carbonyl (C=O) groups is 2. The van der Waals surface area contributed by atoms with Crippen molar-refractivity contribution in [1.29, 1.82) is 0 Å². The molecule has 0 heterocycles. The molecule has 0 aromatic rings. The minimum absolute atomic E-state index is 0. The average molecular weight is 157 g/mol. The van der Waals surface area contributed by atoms with Crippen LogP contribution >= 0.6 is 0 Å². The van der Waals surface area contributed by atoms with E-state index >= 15 is 0 Å².